The van der Waals surface area contributed by atoms with Gasteiger partial charge < -0.3 is 14.9 Å². The minimum absolute atomic E-state index is 0.0556. The Hall–Kier alpha value is -6.20. The molecule has 6 aromatic rings. The van der Waals surface area contributed by atoms with Crippen LogP contribution in [0.25, 0.3) is 22.1 Å². The van der Waals surface area contributed by atoms with Gasteiger partial charge in [0, 0.05) is 31.7 Å². The zero-order valence-electron chi connectivity index (χ0n) is 31.1. The van der Waals surface area contributed by atoms with Gasteiger partial charge in [0.15, 0.2) is 0 Å². The summed E-state index contributed by atoms with van der Waals surface area (Å²) in [6, 6.07) is 14.4. The Kier molecular flexibility index (Phi) is 11.3. The average molecular weight is 736 g/mol. The maximum Gasteiger partial charge on any atom is 0.276 e. The van der Waals surface area contributed by atoms with Crippen molar-refractivity contribution in [3.63, 3.8) is 0 Å². The van der Waals surface area contributed by atoms with E-state index in [0.29, 0.717) is 91.3 Å². The lowest BCUT2D eigenvalue weighted by Crippen LogP contribution is -2.25. The number of para-hydroxylation sites is 1. The minimum atomic E-state index is -0.334. The molecule has 17 nitrogen and oxygen atoms in total. The van der Waals surface area contributed by atoms with Crippen LogP contribution in [-0.4, -0.2) is 82.9 Å². The first-order valence-electron chi connectivity index (χ1n) is 17.9. The Bertz CT molecular complexity index is 2350. The van der Waals surface area contributed by atoms with Crippen molar-refractivity contribution < 1.29 is 19.2 Å². The molecule has 0 spiro atoms. The number of anilines is 3. The fourth-order valence-corrected chi connectivity index (χ4v) is 6.70. The van der Waals surface area contributed by atoms with Crippen molar-refractivity contribution in [3.05, 3.63) is 76.9 Å². The van der Waals surface area contributed by atoms with Crippen LogP contribution in [0.5, 0.6) is 0 Å². The summed E-state index contributed by atoms with van der Waals surface area (Å²) in [7, 11) is 1.50. The predicted octanol–water partition coefficient (Wildman–Crippen LogP) is 3.70. The number of carbonyl (C=O) groups is 4. The highest BCUT2D eigenvalue weighted by Gasteiger charge is 2.26. The van der Waals surface area contributed by atoms with Crippen molar-refractivity contribution in [1.29, 1.82) is 0 Å². The molecule has 1 fully saturated rings. The smallest absolute Gasteiger partial charge is 0.276 e. The number of imidazole rings is 2. The first kappa shape index (κ1) is 37.6. The first-order valence-corrected chi connectivity index (χ1v) is 17.9. The van der Waals surface area contributed by atoms with Crippen molar-refractivity contribution >= 4 is 63.7 Å². The quantitative estimate of drug-likeness (QED) is 0.100. The summed E-state index contributed by atoms with van der Waals surface area (Å²) in [5, 5.41) is 17.9. The van der Waals surface area contributed by atoms with Crippen LogP contribution in [0.2, 0.25) is 0 Å². The van der Waals surface area contributed by atoms with E-state index in [1.165, 1.54) is 7.05 Å². The van der Waals surface area contributed by atoms with E-state index in [4.69, 9.17) is 9.97 Å². The van der Waals surface area contributed by atoms with Gasteiger partial charge in [0.25, 0.3) is 11.8 Å². The molecule has 3 amide bonds. The third-order valence-electron chi connectivity index (χ3n) is 9.14. The molecule has 0 radical (unpaired) electrons. The zero-order chi connectivity index (χ0) is 38.5. The van der Waals surface area contributed by atoms with Crippen molar-refractivity contribution in [1.82, 2.24) is 44.0 Å². The zero-order valence-corrected chi connectivity index (χ0v) is 31.1. The Labute approximate surface area is 311 Å². The summed E-state index contributed by atoms with van der Waals surface area (Å²) in [5.41, 5.74) is 10.7. The van der Waals surface area contributed by atoms with Crippen molar-refractivity contribution in [2.75, 3.05) is 35.8 Å². The van der Waals surface area contributed by atoms with E-state index in [2.05, 4.69) is 31.9 Å². The second-order valence-electron chi connectivity index (χ2n) is 12.7. The number of aldehydes is 1. The number of unbranched alkanes of at least 4 members (excludes halogenated alkanes) is 1. The number of benzene rings is 2. The fourth-order valence-electron chi connectivity index (χ4n) is 6.70. The maximum atomic E-state index is 13.6. The number of carbonyl (C=O) groups excluding carboxylic acids is 4. The van der Waals surface area contributed by atoms with Crippen LogP contribution < -0.4 is 26.6 Å². The Morgan fingerprint density at radius 2 is 1.43 bits per heavy atom. The number of nitrogens with two attached hydrogens (primary N) is 1. The highest BCUT2D eigenvalue weighted by atomic mass is 16.2. The van der Waals surface area contributed by atoms with Crippen LogP contribution in [0.3, 0.4) is 0 Å². The number of hydrogen-bond donors (Lipinski definition) is 4. The van der Waals surface area contributed by atoms with Crippen LogP contribution in [0.4, 0.5) is 17.6 Å². The highest BCUT2D eigenvalue weighted by Crippen LogP contribution is 2.31. The van der Waals surface area contributed by atoms with Crippen LogP contribution in [0.15, 0.2) is 48.5 Å². The van der Waals surface area contributed by atoms with Crippen LogP contribution in [0.1, 0.15) is 69.4 Å². The van der Waals surface area contributed by atoms with Crippen molar-refractivity contribution in [3.8, 4) is 0 Å². The molecule has 0 atom stereocenters. The van der Waals surface area contributed by atoms with Crippen LogP contribution in [-0.2, 0) is 31.0 Å². The van der Waals surface area contributed by atoms with E-state index in [-0.39, 0.29) is 24.3 Å². The largest absolute Gasteiger partial charge is 0.333 e. The molecule has 2 aromatic carbocycles. The molecule has 0 saturated carbocycles. The highest BCUT2D eigenvalue weighted by molar-refractivity contribution is 6.06. The molecule has 7 rings (SSSR count). The van der Waals surface area contributed by atoms with E-state index in [0.717, 1.165) is 28.7 Å². The molecule has 1 aliphatic rings. The SMILES string of the molecule is CCn1nc(C)cc1C(=O)Nc1nc2cc(C=O)ccc2n1CCCCn1c(NC(=O)c2cc(C)nn2CC)nc2c(N3CNCC3=O)cccc21.CN. The number of nitrogens with zero attached hydrogens (tertiary/aromatic N) is 9. The number of fused-ring (bicyclic) bond motifs is 2. The molecule has 0 aliphatic carbocycles. The van der Waals surface area contributed by atoms with Gasteiger partial charge in [0.2, 0.25) is 17.8 Å². The third-order valence-corrected chi connectivity index (χ3v) is 9.14. The summed E-state index contributed by atoms with van der Waals surface area (Å²) in [6.07, 6.45) is 2.10. The number of amides is 3. The molecule has 54 heavy (non-hydrogen) atoms. The van der Waals surface area contributed by atoms with Gasteiger partial charge in [-0.2, -0.15) is 10.2 Å². The molecule has 282 valence electrons. The van der Waals surface area contributed by atoms with Gasteiger partial charge in [-0.3, -0.25) is 49.4 Å². The van der Waals surface area contributed by atoms with E-state index < -0.39 is 0 Å². The van der Waals surface area contributed by atoms with Gasteiger partial charge in [-0.15, -0.1) is 0 Å². The molecule has 1 saturated heterocycles. The molecular formula is C37H45N13O4. The Balaban J connectivity index is 0.00000245. The van der Waals surface area contributed by atoms with Gasteiger partial charge in [0.05, 0.1) is 46.8 Å². The summed E-state index contributed by atoms with van der Waals surface area (Å²) < 4.78 is 7.20. The lowest BCUT2D eigenvalue weighted by molar-refractivity contribution is -0.116. The molecular weight excluding hydrogens is 690 g/mol. The lowest BCUT2D eigenvalue weighted by Gasteiger charge is -2.15. The monoisotopic (exact) mass is 735 g/mol. The van der Waals surface area contributed by atoms with Gasteiger partial charge in [-0.05, 0) is 90.0 Å². The first-order chi connectivity index (χ1) is 26.2. The van der Waals surface area contributed by atoms with Gasteiger partial charge >= 0.3 is 0 Å². The third kappa shape index (κ3) is 7.35. The van der Waals surface area contributed by atoms with Gasteiger partial charge in [-0.1, -0.05) is 6.07 Å². The minimum Gasteiger partial charge on any atom is -0.333 e. The van der Waals surface area contributed by atoms with Crippen molar-refractivity contribution in [2.45, 2.75) is 66.7 Å². The number of rotatable bonds is 13. The summed E-state index contributed by atoms with van der Waals surface area (Å²) in [4.78, 5) is 62.5. The lowest BCUT2D eigenvalue weighted by atomic mass is 10.2. The summed E-state index contributed by atoms with van der Waals surface area (Å²) >= 11 is 0. The second kappa shape index (κ2) is 16.2. The molecule has 0 bridgehead atoms. The Morgan fingerprint density at radius 1 is 0.833 bits per heavy atom. The summed E-state index contributed by atoms with van der Waals surface area (Å²) in [6.45, 7) is 10.2. The second-order valence-corrected chi connectivity index (χ2v) is 12.7. The molecule has 5 N–H and O–H groups in total. The van der Waals surface area contributed by atoms with Crippen LogP contribution in [0, 0.1) is 13.8 Å². The average Bonchev–Trinajstić information content (AvgIpc) is 4.01. The normalized spacial score (nSPS) is 12.7. The van der Waals surface area contributed by atoms with Gasteiger partial charge in [0.1, 0.15) is 23.2 Å². The van der Waals surface area contributed by atoms with Gasteiger partial charge in [-0.25, -0.2) is 9.97 Å². The molecule has 17 heteroatoms. The fraction of sp³-hybridized carbons (Fsp3) is 0.351. The van der Waals surface area contributed by atoms with E-state index >= 15 is 0 Å². The summed E-state index contributed by atoms with van der Waals surface area (Å²) in [5.74, 6) is 0.00162. The standard InChI is InChI=1S/C36H40N12O4.CH5N/c1-5-47-29(16-22(3)42-47)33(51)40-35-38-25-18-24(20-49)12-13-26(25)44(35)14-7-8-15-45-27-10-9-11-28(46-21-37-19-31(46)50)32(27)39-36(45)41-34(52)30-17-23(4)43-48(30)6-2;1-2/h9-13,16-18,20,37H,5-8,14-15,19,21H2,1-4H3,(H,38,40,51)(H,39,41,52);2H2,1H3. The number of nitrogens with one attached hydrogen (secondary N) is 3. The molecule has 1 aliphatic heterocycles. The Morgan fingerprint density at radius 3 is 1.98 bits per heavy atom. The van der Waals surface area contributed by atoms with E-state index in [1.54, 1.807) is 38.5 Å². The van der Waals surface area contributed by atoms with E-state index in [1.807, 2.05) is 61.1 Å². The predicted molar refractivity (Wildman–Crippen MR) is 206 cm³/mol. The van der Waals surface area contributed by atoms with Crippen LogP contribution >= 0.6 is 0 Å². The van der Waals surface area contributed by atoms with E-state index in [9.17, 15) is 19.2 Å². The molecule has 4 aromatic heterocycles. The van der Waals surface area contributed by atoms with Crippen molar-refractivity contribution in [2.24, 2.45) is 5.73 Å². The topological polar surface area (TPSA) is 205 Å². The maximum absolute atomic E-state index is 13.6. The molecule has 0 unspecified atom stereocenters. The number of aryl methyl sites for hydroxylation is 6. The molecule has 5 heterocycles. The number of aromatic nitrogens is 8. The number of hydrogen-bond acceptors (Lipinski definition) is 10.